The first-order valence-corrected chi connectivity index (χ1v) is 3.80. The average molecular weight is 191 g/mol. The molecule has 0 radical (unpaired) electrons. The van der Waals surface area contributed by atoms with Gasteiger partial charge in [0.2, 0.25) is 0 Å². The smallest absolute Gasteiger partial charge is 0.377 e. The number of benzene rings is 1. The van der Waals surface area contributed by atoms with Crippen LogP contribution in [0.3, 0.4) is 0 Å². The molecule has 0 aliphatic heterocycles. The van der Waals surface area contributed by atoms with E-state index in [-0.39, 0.29) is 5.56 Å². The summed E-state index contributed by atoms with van der Waals surface area (Å²) in [6, 6.07) is 4.34. The molecule has 0 aliphatic rings. The normalized spacial score (nSPS) is 10.3. The lowest BCUT2D eigenvalue weighted by Crippen LogP contribution is -2.12. The molecule has 5 heteroatoms. The van der Waals surface area contributed by atoms with Gasteiger partial charge in [-0.3, -0.25) is 4.79 Å². The van der Waals surface area contributed by atoms with Gasteiger partial charge < -0.3 is 9.63 Å². The van der Waals surface area contributed by atoms with E-state index in [2.05, 4.69) is 5.16 Å². The van der Waals surface area contributed by atoms with Crippen molar-refractivity contribution < 1.29 is 19.2 Å². The highest BCUT2D eigenvalue weighted by Gasteiger charge is 2.15. The van der Waals surface area contributed by atoms with Gasteiger partial charge in [0.1, 0.15) is 0 Å². The summed E-state index contributed by atoms with van der Waals surface area (Å²) in [4.78, 5) is 21.4. The Hall–Kier alpha value is -2.17. The molecule has 5 nitrogen and oxygen atoms in total. The van der Waals surface area contributed by atoms with Crippen molar-refractivity contribution in [3.05, 3.63) is 30.0 Å². The predicted octanol–water partition coefficient (Wildman–Crippen LogP) is 1.10. The Morgan fingerprint density at radius 1 is 1.36 bits per heavy atom. The summed E-state index contributed by atoms with van der Waals surface area (Å²) in [5.41, 5.74) is 0.639. The number of hydrogen-bond acceptors (Lipinski definition) is 4. The first kappa shape index (κ1) is 8.43. The summed E-state index contributed by atoms with van der Waals surface area (Å²) in [5, 5.41) is 12.6. The molecule has 14 heavy (non-hydrogen) atoms. The number of aromatic nitrogens is 1. The Morgan fingerprint density at radius 2 is 2.14 bits per heavy atom. The van der Waals surface area contributed by atoms with E-state index in [4.69, 9.17) is 9.63 Å². The molecular formula is C9H5NO4. The van der Waals surface area contributed by atoms with Gasteiger partial charge in [0.15, 0.2) is 5.58 Å². The van der Waals surface area contributed by atoms with Crippen molar-refractivity contribution >= 4 is 22.7 Å². The van der Waals surface area contributed by atoms with Gasteiger partial charge >= 0.3 is 5.97 Å². The molecule has 0 atom stereocenters. The monoisotopic (exact) mass is 191 g/mol. The van der Waals surface area contributed by atoms with E-state index in [1.807, 2.05) is 0 Å². The fraction of sp³-hybridized carbons (Fsp3) is 0. The molecule has 70 valence electrons. The van der Waals surface area contributed by atoms with Crippen LogP contribution in [0.2, 0.25) is 0 Å². The topological polar surface area (TPSA) is 80.4 Å². The van der Waals surface area contributed by atoms with Gasteiger partial charge in [0.05, 0.1) is 6.20 Å². The first-order valence-electron chi connectivity index (χ1n) is 3.80. The van der Waals surface area contributed by atoms with Crippen molar-refractivity contribution in [1.29, 1.82) is 0 Å². The molecule has 0 aliphatic carbocycles. The second kappa shape index (κ2) is 2.95. The Balaban J connectivity index is 2.54. The molecule has 1 N–H and O–H groups in total. The Morgan fingerprint density at radius 3 is 2.86 bits per heavy atom. The minimum atomic E-state index is -1.47. The Bertz CT molecular complexity index is 514. The molecule has 0 spiro atoms. The van der Waals surface area contributed by atoms with E-state index in [0.29, 0.717) is 11.0 Å². The van der Waals surface area contributed by atoms with E-state index in [1.54, 1.807) is 0 Å². The predicted molar refractivity (Wildman–Crippen MR) is 46.0 cm³/mol. The first-order chi connectivity index (χ1) is 6.68. The van der Waals surface area contributed by atoms with Gasteiger partial charge in [-0.15, -0.1) is 0 Å². The van der Waals surface area contributed by atoms with Crippen LogP contribution < -0.4 is 0 Å². The average Bonchev–Trinajstić information content (AvgIpc) is 2.62. The highest BCUT2D eigenvalue weighted by Crippen LogP contribution is 2.15. The molecule has 0 fully saturated rings. The summed E-state index contributed by atoms with van der Waals surface area (Å²) >= 11 is 0. The third-order valence-electron chi connectivity index (χ3n) is 1.81. The zero-order chi connectivity index (χ0) is 10.1. The second-order valence-corrected chi connectivity index (χ2v) is 2.71. The Labute approximate surface area is 77.9 Å². The summed E-state index contributed by atoms with van der Waals surface area (Å²) in [6.45, 7) is 0. The van der Waals surface area contributed by atoms with Crippen molar-refractivity contribution in [2.45, 2.75) is 0 Å². The van der Waals surface area contributed by atoms with Crippen molar-refractivity contribution in [1.82, 2.24) is 5.16 Å². The number of carboxylic acid groups (broad SMARTS) is 1. The molecule has 0 unspecified atom stereocenters. The van der Waals surface area contributed by atoms with Crippen LogP contribution in [0.1, 0.15) is 10.4 Å². The maximum atomic E-state index is 11.1. The number of ketones is 1. The molecular weight excluding hydrogens is 186 g/mol. The number of Topliss-reactive ketones (excluding diaryl/α,β-unsaturated/α-hetero) is 1. The van der Waals surface area contributed by atoms with E-state index in [0.717, 1.165) is 0 Å². The highest BCUT2D eigenvalue weighted by atomic mass is 16.5. The highest BCUT2D eigenvalue weighted by molar-refractivity contribution is 6.40. The molecule has 2 aromatic rings. The lowest BCUT2D eigenvalue weighted by Gasteiger charge is -1.94. The minimum absolute atomic E-state index is 0.119. The van der Waals surface area contributed by atoms with Gasteiger partial charge in [-0.25, -0.2) is 4.79 Å². The van der Waals surface area contributed by atoms with Gasteiger partial charge in [-0.1, -0.05) is 5.16 Å². The lowest BCUT2D eigenvalue weighted by molar-refractivity contribution is -0.131. The fourth-order valence-corrected chi connectivity index (χ4v) is 1.14. The van der Waals surface area contributed by atoms with Crippen LogP contribution in [-0.4, -0.2) is 22.0 Å². The summed E-state index contributed by atoms with van der Waals surface area (Å²) in [6.07, 6.45) is 1.42. The molecule has 0 bridgehead atoms. The zero-order valence-electron chi connectivity index (χ0n) is 6.93. The molecule has 1 heterocycles. The fourth-order valence-electron chi connectivity index (χ4n) is 1.14. The number of nitrogens with zero attached hydrogens (tertiary/aromatic N) is 1. The van der Waals surface area contributed by atoms with Gasteiger partial charge in [-0.2, -0.15) is 0 Å². The van der Waals surface area contributed by atoms with Crippen molar-refractivity contribution in [2.24, 2.45) is 0 Å². The number of carbonyl (C=O) groups is 2. The van der Waals surface area contributed by atoms with Crippen molar-refractivity contribution in [3.63, 3.8) is 0 Å². The number of fused-ring (bicyclic) bond motifs is 1. The standard InChI is InChI=1S/C9H5NO4/c11-8(9(12)13)5-1-2-7-6(3-5)4-10-14-7/h1-4H,(H,12,13). The number of carboxylic acids is 1. The lowest BCUT2D eigenvalue weighted by atomic mass is 10.1. The third kappa shape index (κ3) is 1.24. The SMILES string of the molecule is O=C(O)C(=O)c1ccc2oncc2c1. The van der Waals surface area contributed by atoms with Crippen molar-refractivity contribution in [3.8, 4) is 0 Å². The third-order valence-corrected chi connectivity index (χ3v) is 1.81. The molecule has 0 saturated carbocycles. The van der Waals surface area contributed by atoms with Crippen LogP contribution in [0.5, 0.6) is 0 Å². The van der Waals surface area contributed by atoms with E-state index in [9.17, 15) is 9.59 Å². The van der Waals surface area contributed by atoms with Gasteiger partial charge in [0, 0.05) is 10.9 Å². The number of rotatable bonds is 2. The summed E-state index contributed by atoms with van der Waals surface area (Å²) < 4.78 is 4.80. The van der Waals surface area contributed by atoms with E-state index in [1.165, 1.54) is 24.4 Å². The molecule has 2 rings (SSSR count). The molecule has 1 aromatic heterocycles. The summed E-state index contributed by atoms with van der Waals surface area (Å²) in [5.74, 6) is -2.41. The van der Waals surface area contributed by atoms with Gasteiger partial charge in [-0.05, 0) is 18.2 Å². The molecule has 0 saturated heterocycles. The van der Waals surface area contributed by atoms with Gasteiger partial charge in [0.25, 0.3) is 5.78 Å². The number of carbonyl (C=O) groups excluding carboxylic acids is 1. The quantitative estimate of drug-likeness (QED) is 0.567. The number of aliphatic carboxylic acids is 1. The zero-order valence-corrected chi connectivity index (χ0v) is 6.93. The molecule has 0 amide bonds. The second-order valence-electron chi connectivity index (χ2n) is 2.71. The maximum Gasteiger partial charge on any atom is 0.377 e. The maximum absolute atomic E-state index is 11.1. The van der Waals surface area contributed by atoms with Crippen LogP contribution in [0.4, 0.5) is 0 Å². The van der Waals surface area contributed by atoms with Crippen LogP contribution >= 0.6 is 0 Å². The van der Waals surface area contributed by atoms with Crippen LogP contribution in [0, 0.1) is 0 Å². The van der Waals surface area contributed by atoms with Crippen molar-refractivity contribution in [2.75, 3.05) is 0 Å². The number of hydrogen-bond donors (Lipinski definition) is 1. The van der Waals surface area contributed by atoms with Crippen LogP contribution in [0.25, 0.3) is 11.0 Å². The van der Waals surface area contributed by atoms with Crippen LogP contribution in [-0.2, 0) is 4.79 Å². The molecule has 1 aromatic carbocycles. The Kier molecular flexibility index (Phi) is 1.78. The van der Waals surface area contributed by atoms with E-state index >= 15 is 0 Å². The van der Waals surface area contributed by atoms with Crippen LogP contribution in [0.15, 0.2) is 28.9 Å². The van der Waals surface area contributed by atoms with E-state index < -0.39 is 11.8 Å². The summed E-state index contributed by atoms with van der Waals surface area (Å²) in [7, 11) is 0. The minimum Gasteiger partial charge on any atom is -0.475 e. The largest absolute Gasteiger partial charge is 0.475 e.